The van der Waals surface area contributed by atoms with Crippen molar-refractivity contribution >= 4 is 57.7 Å². The quantitative estimate of drug-likeness (QED) is 0.178. The van der Waals surface area contributed by atoms with E-state index in [1.807, 2.05) is 0 Å². The first-order chi connectivity index (χ1) is 15.5. The van der Waals surface area contributed by atoms with E-state index in [2.05, 4.69) is 15.5 Å². The number of hydrogen-bond donors (Lipinski definition) is 2. The van der Waals surface area contributed by atoms with Crippen LogP contribution in [0.2, 0.25) is 0 Å². The number of aromatic nitrogens is 1. The summed E-state index contributed by atoms with van der Waals surface area (Å²) in [6.07, 6.45) is 1.54. The summed E-state index contributed by atoms with van der Waals surface area (Å²) in [5.74, 6) is -2.09. The fourth-order valence-electron chi connectivity index (χ4n) is 2.86. The molecule has 0 radical (unpaired) electrons. The van der Waals surface area contributed by atoms with E-state index in [0.29, 0.717) is 5.75 Å². The lowest BCUT2D eigenvalue weighted by atomic mass is 9.98. The Kier molecular flexibility index (Phi) is 7.27. The number of amides is 2. The number of thiazole rings is 1. The van der Waals surface area contributed by atoms with E-state index >= 15 is 0 Å². The van der Waals surface area contributed by atoms with E-state index in [1.54, 1.807) is 32.2 Å². The molecular weight excluding hydrogens is 474 g/mol. The largest absolute Gasteiger partial charge is 0.427 e. The lowest BCUT2D eigenvalue weighted by molar-refractivity contribution is -0.173. The standard InChI is InChI=1S/C19H23N5O7S2/c1-19(2,3)17(28)31-8-30-16(27)10-5-6-32-15-12(14(26)24(10)15)22-13(25)11(23-29-4)9-7-33-18(20)21-9/h5,7,12,15H,6,8H2,1-4H3,(H2,20,21)(H,22,25)/b23-11-. The molecule has 3 N–H and O–H groups in total. The van der Waals surface area contributed by atoms with Crippen LogP contribution >= 0.6 is 23.1 Å². The Morgan fingerprint density at radius 3 is 2.67 bits per heavy atom. The average Bonchev–Trinajstić information content (AvgIpc) is 3.19. The van der Waals surface area contributed by atoms with Gasteiger partial charge in [0, 0.05) is 11.1 Å². The Balaban J connectivity index is 1.61. The maximum absolute atomic E-state index is 12.7. The smallest absolute Gasteiger partial charge is 0.357 e. The number of nitrogen functional groups attached to an aromatic ring is 1. The third-order valence-corrected chi connectivity index (χ3v) is 6.35. The van der Waals surface area contributed by atoms with Crippen LogP contribution in [-0.2, 0) is 33.5 Å². The molecule has 1 aromatic rings. The molecule has 14 heteroatoms. The van der Waals surface area contributed by atoms with Crippen LogP contribution in [0.4, 0.5) is 5.13 Å². The molecule has 12 nitrogen and oxygen atoms in total. The predicted molar refractivity (Wildman–Crippen MR) is 120 cm³/mol. The number of nitrogens with one attached hydrogen (secondary N) is 1. The van der Waals surface area contributed by atoms with Crippen molar-refractivity contribution in [2.45, 2.75) is 32.2 Å². The van der Waals surface area contributed by atoms with E-state index < -0.39 is 47.4 Å². The highest BCUT2D eigenvalue weighted by atomic mass is 32.2. The Morgan fingerprint density at radius 1 is 1.33 bits per heavy atom. The summed E-state index contributed by atoms with van der Waals surface area (Å²) in [6, 6.07) is -0.893. The second-order valence-electron chi connectivity index (χ2n) is 7.90. The van der Waals surface area contributed by atoms with Gasteiger partial charge in [0.25, 0.3) is 11.8 Å². The summed E-state index contributed by atoms with van der Waals surface area (Å²) in [7, 11) is 1.28. The molecule has 1 aromatic heterocycles. The minimum atomic E-state index is -0.893. The van der Waals surface area contributed by atoms with Gasteiger partial charge in [-0.15, -0.1) is 23.1 Å². The lowest BCUT2D eigenvalue weighted by Crippen LogP contribution is -2.70. The highest BCUT2D eigenvalue weighted by Gasteiger charge is 2.53. The van der Waals surface area contributed by atoms with Gasteiger partial charge in [0.2, 0.25) is 6.79 Å². The number of carbonyl (C=O) groups is 4. The molecule has 3 heterocycles. The number of β-lactam (4-membered cyclic amide) rings is 1. The molecule has 1 fully saturated rings. The molecule has 0 bridgehead atoms. The molecule has 2 aliphatic heterocycles. The monoisotopic (exact) mass is 497 g/mol. The van der Waals surface area contributed by atoms with Crippen molar-refractivity contribution in [1.82, 2.24) is 15.2 Å². The van der Waals surface area contributed by atoms with E-state index in [1.165, 1.54) is 23.8 Å². The van der Waals surface area contributed by atoms with Crippen LogP contribution in [0.15, 0.2) is 22.3 Å². The first-order valence-corrected chi connectivity index (χ1v) is 11.6. The van der Waals surface area contributed by atoms with Crippen LogP contribution in [0.1, 0.15) is 26.5 Å². The van der Waals surface area contributed by atoms with E-state index in [-0.39, 0.29) is 22.2 Å². The number of oxime groups is 1. The van der Waals surface area contributed by atoms with E-state index in [4.69, 9.17) is 20.0 Å². The van der Waals surface area contributed by atoms with E-state index in [9.17, 15) is 19.2 Å². The van der Waals surface area contributed by atoms with Crippen molar-refractivity contribution in [1.29, 1.82) is 0 Å². The number of nitrogens with two attached hydrogens (primary N) is 1. The van der Waals surface area contributed by atoms with Gasteiger partial charge in [-0.1, -0.05) is 5.16 Å². The SMILES string of the molecule is CO/N=C(\C(=O)NC1C(=O)N2C(C(=O)OCOC(=O)C(C)(C)C)=CCSC12)c1csc(N)n1. The van der Waals surface area contributed by atoms with Crippen molar-refractivity contribution in [3.63, 3.8) is 0 Å². The number of hydrogen-bond acceptors (Lipinski definition) is 12. The van der Waals surface area contributed by atoms with E-state index in [0.717, 1.165) is 11.3 Å². The van der Waals surface area contributed by atoms with Crippen molar-refractivity contribution in [3.8, 4) is 0 Å². The number of fused-ring (bicyclic) bond motifs is 1. The normalized spacial score (nSPS) is 20.2. The van der Waals surface area contributed by atoms with Gasteiger partial charge >= 0.3 is 11.9 Å². The van der Waals surface area contributed by atoms with Crippen LogP contribution in [0, 0.1) is 5.41 Å². The minimum Gasteiger partial charge on any atom is -0.427 e. The van der Waals surface area contributed by atoms with Crippen LogP contribution in [-0.4, -0.2) is 70.4 Å². The third-order valence-electron chi connectivity index (χ3n) is 4.50. The highest BCUT2D eigenvalue weighted by molar-refractivity contribution is 8.00. The number of anilines is 1. The van der Waals surface area contributed by atoms with Gasteiger partial charge in [-0.25, -0.2) is 9.78 Å². The Morgan fingerprint density at radius 2 is 2.06 bits per heavy atom. The van der Waals surface area contributed by atoms with Gasteiger partial charge in [0.05, 0.1) is 5.41 Å². The predicted octanol–water partition coefficient (Wildman–Crippen LogP) is 0.450. The third kappa shape index (κ3) is 5.27. The fraction of sp³-hybridized carbons (Fsp3) is 0.474. The molecule has 178 valence electrons. The van der Waals surface area contributed by atoms with Crippen molar-refractivity contribution in [2.75, 3.05) is 25.4 Å². The maximum Gasteiger partial charge on any atom is 0.357 e. The van der Waals surface area contributed by atoms with Gasteiger partial charge in [-0.05, 0) is 26.8 Å². The number of rotatable bonds is 7. The molecule has 33 heavy (non-hydrogen) atoms. The first kappa shape index (κ1) is 24.5. The first-order valence-electron chi connectivity index (χ1n) is 9.67. The summed E-state index contributed by atoms with van der Waals surface area (Å²) < 4.78 is 9.93. The van der Waals surface area contributed by atoms with Gasteiger partial charge in [0.1, 0.15) is 29.9 Å². The summed E-state index contributed by atoms with van der Waals surface area (Å²) >= 11 is 2.49. The highest BCUT2D eigenvalue weighted by Crippen LogP contribution is 2.37. The molecule has 2 aliphatic rings. The Hall–Kier alpha value is -3.13. The zero-order valence-corrected chi connectivity index (χ0v) is 19.9. The fourth-order valence-corrected chi connectivity index (χ4v) is 4.60. The summed E-state index contributed by atoms with van der Waals surface area (Å²) in [4.78, 5) is 59.7. The van der Waals surface area contributed by atoms with Gasteiger partial charge in [-0.2, -0.15) is 0 Å². The number of carbonyl (C=O) groups excluding carboxylic acids is 4. The Bertz CT molecular complexity index is 1030. The molecule has 1 saturated heterocycles. The van der Waals surface area contributed by atoms with Crippen LogP contribution in [0.3, 0.4) is 0 Å². The molecule has 2 atom stereocenters. The molecule has 3 rings (SSSR count). The molecule has 0 aromatic carbocycles. The van der Waals surface area contributed by atoms with Gasteiger partial charge in [0.15, 0.2) is 10.8 Å². The molecule has 0 spiro atoms. The van der Waals surface area contributed by atoms with Crippen LogP contribution < -0.4 is 11.1 Å². The maximum atomic E-state index is 12.7. The van der Waals surface area contributed by atoms with Gasteiger partial charge < -0.3 is 25.4 Å². The molecule has 0 aliphatic carbocycles. The summed E-state index contributed by atoms with van der Waals surface area (Å²) in [5.41, 5.74) is 4.98. The Labute approximate surface area is 197 Å². The van der Waals surface area contributed by atoms with Crippen LogP contribution in [0.25, 0.3) is 0 Å². The van der Waals surface area contributed by atoms with Crippen LogP contribution in [0.5, 0.6) is 0 Å². The second kappa shape index (κ2) is 9.79. The van der Waals surface area contributed by atoms with Crippen molar-refractivity contribution in [2.24, 2.45) is 10.6 Å². The zero-order chi connectivity index (χ0) is 24.3. The number of thioether (sulfide) groups is 1. The van der Waals surface area contributed by atoms with Gasteiger partial charge in [-0.3, -0.25) is 19.3 Å². The molecule has 2 amide bonds. The molecule has 2 unspecified atom stereocenters. The lowest BCUT2D eigenvalue weighted by Gasteiger charge is -2.48. The minimum absolute atomic E-state index is 0.0270. The number of esters is 2. The average molecular weight is 498 g/mol. The zero-order valence-electron chi connectivity index (χ0n) is 18.3. The number of nitrogens with zero attached hydrogens (tertiary/aromatic N) is 3. The summed E-state index contributed by atoms with van der Waals surface area (Å²) in [6.45, 7) is 4.44. The van der Waals surface area contributed by atoms with Crippen molar-refractivity contribution < 1.29 is 33.5 Å². The molecular formula is C19H23N5O7S2. The summed E-state index contributed by atoms with van der Waals surface area (Å²) in [5, 5.41) is 7.57. The number of ether oxygens (including phenoxy) is 2. The van der Waals surface area contributed by atoms with Crippen molar-refractivity contribution in [3.05, 3.63) is 22.8 Å². The topological polar surface area (TPSA) is 163 Å². The molecule has 0 saturated carbocycles. The second-order valence-corrected chi connectivity index (χ2v) is 9.94.